The van der Waals surface area contributed by atoms with E-state index >= 15 is 0 Å². The molecule has 0 aliphatic carbocycles. The molecule has 4 rings (SSSR count). The molecule has 1 fully saturated rings. The Bertz CT molecular complexity index is 883. The molecular weight excluding hydrogens is 418 g/mol. The topological polar surface area (TPSA) is 38.8 Å². The van der Waals surface area contributed by atoms with E-state index in [1.807, 2.05) is 30.8 Å². The predicted octanol–water partition coefficient (Wildman–Crippen LogP) is 5.33. The second-order valence-corrected chi connectivity index (χ2v) is 9.24. The van der Waals surface area contributed by atoms with Crippen LogP contribution in [0.3, 0.4) is 0 Å². The number of hydrogen-bond donors (Lipinski definition) is 0. The molecule has 0 unspecified atom stereocenters. The maximum atomic E-state index is 11.9. The van der Waals surface area contributed by atoms with Crippen LogP contribution < -0.4 is 0 Å². The van der Waals surface area contributed by atoms with Gasteiger partial charge in [0.25, 0.3) is 0 Å². The van der Waals surface area contributed by atoms with Crippen LogP contribution in [0.4, 0.5) is 0 Å². The first kappa shape index (κ1) is 21.7. The summed E-state index contributed by atoms with van der Waals surface area (Å²) in [6.45, 7) is 5.63. The van der Waals surface area contributed by atoms with E-state index < -0.39 is 0 Å². The number of rotatable bonds is 6. The molecule has 0 aromatic heterocycles. The molecule has 4 nitrogen and oxygen atoms in total. The molecule has 6 heteroatoms. The minimum atomic E-state index is -0.109. The monoisotopic (exact) mass is 445 g/mol. The van der Waals surface area contributed by atoms with Crippen LogP contribution in [-0.4, -0.2) is 43.7 Å². The lowest BCUT2D eigenvalue weighted by atomic mass is 9.97. The number of hydrogen-bond acceptors (Lipinski definition) is 5. The molecule has 2 aliphatic rings. The minimum Gasteiger partial charge on any atom is -0.466 e. The summed E-state index contributed by atoms with van der Waals surface area (Å²) in [7, 11) is 0. The number of benzene rings is 2. The number of piperidine rings is 1. The van der Waals surface area contributed by atoms with Gasteiger partial charge in [-0.05, 0) is 62.2 Å². The molecule has 0 saturated carbocycles. The Labute approximate surface area is 187 Å². The van der Waals surface area contributed by atoms with Crippen molar-refractivity contribution in [3.05, 3.63) is 64.2 Å². The average Bonchev–Trinajstić information content (AvgIpc) is 2.91. The second kappa shape index (κ2) is 10.2. The summed E-state index contributed by atoms with van der Waals surface area (Å²) in [5, 5.41) is 0.739. The molecule has 2 aliphatic heterocycles. The van der Waals surface area contributed by atoms with Gasteiger partial charge in [-0.15, -0.1) is 11.8 Å². The molecule has 0 bridgehead atoms. The molecule has 2 aromatic carbocycles. The molecule has 1 atom stereocenters. The van der Waals surface area contributed by atoms with Crippen LogP contribution in [-0.2, 0) is 20.0 Å². The van der Waals surface area contributed by atoms with Crippen LogP contribution in [0, 0.1) is 5.92 Å². The summed E-state index contributed by atoms with van der Waals surface area (Å²) in [4.78, 5) is 15.6. The minimum absolute atomic E-state index is 0.0434. The lowest BCUT2D eigenvalue weighted by molar-refractivity contribution is -0.149. The predicted molar refractivity (Wildman–Crippen MR) is 121 cm³/mol. The highest BCUT2D eigenvalue weighted by Gasteiger charge is 2.27. The molecule has 30 heavy (non-hydrogen) atoms. The van der Waals surface area contributed by atoms with E-state index in [1.54, 1.807) is 0 Å². The van der Waals surface area contributed by atoms with E-state index in [0.717, 1.165) is 48.8 Å². The van der Waals surface area contributed by atoms with Crippen LogP contribution in [0.2, 0.25) is 5.02 Å². The molecule has 0 N–H and O–H groups in total. The van der Waals surface area contributed by atoms with Crippen molar-refractivity contribution in [2.24, 2.45) is 5.92 Å². The van der Waals surface area contributed by atoms with E-state index in [0.29, 0.717) is 13.2 Å². The third kappa shape index (κ3) is 5.02. The Hall–Kier alpha value is -1.53. The molecule has 1 saturated heterocycles. The zero-order valence-corrected chi connectivity index (χ0v) is 18.9. The van der Waals surface area contributed by atoms with Gasteiger partial charge >= 0.3 is 5.97 Å². The van der Waals surface area contributed by atoms with Crippen molar-refractivity contribution in [2.45, 2.75) is 36.5 Å². The Morgan fingerprint density at radius 1 is 1.17 bits per heavy atom. The van der Waals surface area contributed by atoms with Gasteiger partial charge in [-0.3, -0.25) is 4.79 Å². The van der Waals surface area contributed by atoms with Crippen molar-refractivity contribution >= 4 is 29.3 Å². The van der Waals surface area contributed by atoms with Crippen LogP contribution >= 0.6 is 23.4 Å². The fourth-order valence-electron chi connectivity index (χ4n) is 4.23. The van der Waals surface area contributed by atoms with E-state index in [4.69, 9.17) is 21.1 Å². The van der Waals surface area contributed by atoms with Crippen molar-refractivity contribution in [2.75, 3.05) is 32.8 Å². The first-order chi connectivity index (χ1) is 14.7. The number of carbonyl (C=O) groups is 1. The molecule has 2 aromatic rings. The second-order valence-electron chi connectivity index (χ2n) is 7.79. The van der Waals surface area contributed by atoms with Gasteiger partial charge in [0.1, 0.15) is 6.10 Å². The number of nitrogens with zero attached hydrogens (tertiary/aromatic N) is 1. The quantitative estimate of drug-likeness (QED) is 0.562. The van der Waals surface area contributed by atoms with Gasteiger partial charge in [-0.1, -0.05) is 35.9 Å². The maximum Gasteiger partial charge on any atom is 0.309 e. The van der Waals surface area contributed by atoms with Crippen LogP contribution in [0.5, 0.6) is 0 Å². The fraction of sp³-hybridized carbons (Fsp3) is 0.458. The Kier molecular flexibility index (Phi) is 7.37. The SMILES string of the molecule is CCOC(=O)C1CCN(CCO[C@@H]2c3ccccc3CSc3ccc(Cl)cc32)CC1. The van der Waals surface area contributed by atoms with E-state index in [9.17, 15) is 4.79 Å². The normalized spacial score (nSPS) is 19.6. The highest BCUT2D eigenvalue weighted by molar-refractivity contribution is 7.98. The smallest absolute Gasteiger partial charge is 0.309 e. The summed E-state index contributed by atoms with van der Waals surface area (Å²) >= 11 is 8.17. The maximum absolute atomic E-state index is 11.9. The van der Waals surface area contributed by atoms with Crippen LogP contribution in [0.25, 0.3) is 0 Å². The van der Waals surface area contributed by atoms with Gasteiger partial charge in [-0.25, -0.2) is 0 Å². The number of halogens is 1. The Morgan fingerprint density at radius 3 is 2.77 bits per heavy atom. The summed E-state index contributed by atoms with van der Waals surface area (Å²) in [6.07, 6.45) is 1.61. The van der Waals surface area contributed by atoms with Crippen molar-refractivity contribution in [3.8, 4) is 0 Å². The standard InChI is InChI=1S/C24H28ClNO3S/c1-2-28-24(27)17-9-11-26(12-10-17)13-14-29-23-20-6-4-3-5-18(20)16-30-22-8-7-19(25)15-21(22)23/h3-8,15,17,23H,2,9-14,16H2,1H3/t23-/m1/s1. The van der Waals surface area contributed by atoms with Gasteiger partial charge < -0.3 is 14.4 Å². The van der Waals surface area contributed by atoms with Gasteiger partial charge in [-0.2, -0.15) is 0 Å². The zero-order valence-electron chi connectivity index (χ0n) is 17.3. The average molecular weight is 446 g/mol. The highest BCUT2D eigenvalue weighted by atomic mass is 35.5. The summed E-state index contributed by atoms with van der Waals surface area (Å²) in [6, 6.07) is 14.6. The molecule has 0 radical (unpaired) electrons. The largest absolute Gasteiger partial charge is 0.466 e. The Morgan fingerprint density at radius 2 is 1.97 bits per heavy atom. The summed E-state index contributed by atoms with van der Waals surface area (Å²) in [5.74, 6) is 0.933. The van der Waals surface area contributed by atoms with E-state index in [1.165, 1.54) is 16.0 Å². The summed E-state index contributed by atoms with van der Waals surface area (Å²) in [5.41, 5.74) is 3.69. The first-order valence-corrected chi connectivity index (χ1v) is 12.0. The van der Waals surface area contributed by atoms with Gasteiger partial charge in [0, 0.05) is 27.8 Å². The molecular formula is C24H28ClNO3S. The number of thioether (sulfide) groups is 1. The molecule has 2 heterocycles. The number of fused-ring (bicyclic) bond motifs is 2. The van der Waals surface area contributed by atoms with Crippen LogP contribution in [0.15, 0.2) is 47.4 Å². The lowest BCUT2D eigenvalue weighted by Crippen LogP contribution is -2.38. The zero-order chi connectivity index (χ0) is 20.9. The van der Waals surface area contributed by atoms with Crippen LogP contribution in [0.1, 0.15) is 42.6 Å². The van der Waals surface area contributed by atoms with E-state index in [-0.39, 0.29) is 18.0 Å². The third-order valence-electron chi connectivity index (χ3n) is 5.87. The van der Waals surface area contributed by atoms with Gasteiger partial charge in [0.05, 0.1) is 19.1 Å². The molecule has 0 spiro atoms. The molecule has 0 amide bonds. The first-order valence-electron chi connectivity index (χ1n) is 10.7. The van der Waals surface area contributed by atoms with Crippen molar-refractivity contribution in [3.63, 3.8) is 0 Å². The van der Waals surface area contributed by atoms with E-state index in [2.05, 4.69) is 35.2 Å². The molecule has 160 valence electrons. The number of ether oxygens (including phenoxy) is 2. The lowest BCUT2D eigenvalue weighted by Gasteiger charge is -2.31. The fourth-order valence-corrected chi connectivity index (χ4v) is 5.48. The Balaban J connectivity index is 1.40. The van der Waals surface area contributed by atoms with Crippen molar-refractivity contribution < 1.29 is 14.3 Å². The van der Waals surface area contributed by atoms with Gasteiger partial charge in [0.2, 0.25) is 0 Å². The third-order valence-corrected chi connectivity index (χ3v) is 7.25. The number of likely N-dealkylation sites (tertiary alicyclic amines) is 1. The van der Waals surface area contributed by atoms with Crippen molar-refractivity contribution in [1.29, 1.82) is 0 Å². The van der Waals surface area contributed by atoms with Crippen molar-refractivity contribution in [1.82, 2.24) is 4.90 Å². The van der Waals surface area contributed by atoms with Gasteiger partial charge in [0.15, 0.2) is 0 Å². The highest BCUT2D eigenvalue weighted by Crippen LogP contribution is 2.42. The summed E-state index contributed by atoms with van der Waals surface area (Å²) < 4.78 is 11.7. The number of esters is 1. The number of carbonyl (C=O) groups excluding carboxylic acids is 1.